The Balaban J connectivity index is 2.24. The van der Waals surface area contributed by atoms with Gasteiger partial charge in [-0.3, -0.25) is 4.68 Å². The predicted molar refractivity (Wildman–Crippen MR) is 80.4 cm³/mol. The van der Waals surface area contributed by atoms with Crippen LogP contribution < -0.4 is 10.6 Å². The third-order valence-electron chi connectivity index (χ3n) is 3.60. The van der Waals surface area contributed by atoms with Gasteiger partial charge in [0.05, 0.1) is 11.4 Å². The molecule has 0 saturated carbocycles. The fraction of sp³-hybridized carbons (Fsp3) is 0.769. The van der Waals surface area contributed by atoms with Crippen molar-refractivity contribution in [3.05, 3.63) is 5.69 Å². The van der Waals surface area contributed by atoms with E-state index in [1.807, 2.05) is 11.7 Å². The highest BCUT2D eigenvalue weighted by atomic mass is 32.2. The van der Waals surface area contributed by atoms with Crippen LogP contribution in [0.5, 0.6) is 0 Å². The van der Waals surface area contributed by atoms with Crippen molar-refractivity contribution in [2.75, 3.05) is 29.5 Å². The smallest absolute Gasteiger partial charge is 0.150 e. The number of hydrogen-bond acceptors (Lipinski definition) is 4. The van der Waals surface area contributed by atoms with Crippen LogP contribution in [0.15, 0.2) is 0 Å². The van der Waals surface area contributed by atoms with E-state index in [0.29, 0.717) is 4.75 Å². The first-order valence-corrected chi connectivity index (χ1v) is 7.63. The molecule has 0 aromatic carbocycles. The molecule has 0 amide bonds. The molecule has 1 saturated heterocycles. The second-order valence-electron chi connectivity index (χ2n) is 5.51. The van der Waals surface area contributed by atoms with Gasteiger partial charge in [-0.05, 0) is 12.8 Å². The van der Waals surface area contributed by atoms with E-state index >= 15 is 0 Å². The van der Waals surface area contributed by atoms with Gasteiger partial charge in [-0.2, -0.15) is 16.9 Å². The zero-order valence-corrected chi connectivity index (χ0v) is 12.7. The lowest BCUT2D eigenvalue weighted by molar-refractivity contribution is 0.623. The van der Waals surface area contributed by atoms with Crippen LogP contribution in [0.25, 0.3) is 0 Å². The summed E-state index contributed by atoms with van der Waals surface area (Å²) in [7, 11) is 1.99. The predicted octanol–water partition coefficient (Wildman–Crippen LogP) is 2.29. The van der Waals surface area contributed by atoms with Crippen molar-refractivity contribution >= 4 is 23.3 Å². The lowest BCUT2D eigenvalue weighted by atomic mass is 10.1. The maximum absolute atomic E-state index is 6.23. The summed E-state index contributed by atoms with van der Waals surface area (Å²) in [5, 5.41) is 4.51. The second-order valence-corrected chi connectivity index (χ2v) is 7.31. The Hall–Kier alpha value is -0.840. The quantitative estimate of drug-likeness (QED) is 0.894. The third-order valence-corrected chi connectivity index (χ3v) is 4.97. The Morgan fingerprint density at radius 3 is 2.72 bits per heavy atom. The van der Waals surface area contributed by atoms with Gasteiger partial charge in [-0.25, -0.2) is 0 Å². The van der Waals surface area contributed by atoms with Crippen molar-refractivity contribution < 1.29 is 0 Å². The van der Waals surface area contributed by atoms with Gasteiger partial charge in [-0.15, -0.1) is 0 Å². The molecule has 4 nitrogen and oxygen atoms in total. The summed E-state index contributed by atoms with van der Waals surface area (Å²) in [6.07, 6.45) is 2.08. The first-order valence-electron chi connectivity index (χ1n) is 6.65. The fourth-order valence-electron chi connectivity index (χ4n) is 2.45. The van der Waals surface area contributed by atoms with Crippen molar-refractivity contribution in [2.45, 2.75) is 38.4 Å². The molecule has 0 radical (unpaired) electrons. The molecule has 1 aromatic heterocycles. The number of hydrogen-bond donors (Lipinski definition) is 1. The molecule has 2 heterocycles. The molecule has 2 rings (SSSR count). The molecule has 0 aliphatic carbocycles. The van der Waals surface area contributed by atoms with Gasteiger partial charge in [0.1, 0.15) is 5.82 Å². The zero-order valence-electron chi connectivity index (χ0n) is 11.9. The molecule has 1 aliphatic heterocycles. The average molecular weight is 268 g/mol. The molecule has 1 fully saturated rings. The monoisotopic (exact) mass is 268 g/mol. The van der Waals surface area contributed by atoms with Crippen molar-refractivity contribution in [1.82, 2.24) is 9.78 Å². The fourth-order valence-corrected chi connectivity index (χ4v) is 3.55. The Bertz CT molecular complexity index is 425. The summed E-state index contributed by atoms with van der Waals surface area (Å²) >= 11 is 2.05. The second kappa shape index (κ2) is 5.03. The average Bonchev–Trinajstić information content (AvgIpc) is 2.47. The number of thioether (sulfide) groups is 1. The van der Waals surface area contributed by atoms with Crippen molar-refractivity contribution in [2.24, 2.45) is 7.05 Å². The normalized spacial score (nSPS) is 19.9. The minimum absolute atomic E-state index is 0.371. The van der Waals surface area contributed by atoms with Crippen LogP contribution in [0.1, 0.15) is 32.9 Å². The summed E-state index contributed by atoms with van der Waals surface area (Å²) in [5.74, 6) is 2.25. The third kappa shape index (κ3) is 2.60. The Kier molecular flexibility index (Phi) is 3.80. The van der Waals surface area contributed by atoms with E-state index in [9.17, 15) is 0 Å². The van der Waals surface area contributed by atoms with Crippen LogP contribution in [-0.4, -0.2) is 33.4 Å². The Morgan fingerprint density at radius 2 is 2.11 bits per heavy atom. The van der Waals surface area contributed by atoms with Crippen molar-refractivity contribution in [1.29, 1.82) is 0 Å². The first kappa shape index (κ1) is 13.6. The topological polar surface area (TPSA) is 47.1 Å². The first-order chi connectivity index (χ1) is 8.44. The summed E-state index contributed by atoms with van der Waals surface area (Å²) in [6.45, 7) is 8.87. The van der Waals surface area contributed by atoms with Gasteiger partial charge in [0, 0.05) is 30.6 Å². The minimum Gasteiger partial charge on any atom is -0.394 e. The Morgan fingerprint density at radius 1 is 1.39 bits per heavy atom. The zero-order chi connectivity index (χ0) is 13.3. The Labute approximate surface area is 114 Å². The standard InChI is InChI=1S/C13H24N4S/c1-5-10-11(14)12(16(4)15-10)17-7-6-13(2,3)18-9-8-17/h5-9,14H2,1-4H3. The summed E-state index contributed by atoms with van der Waals surface area (Å²) in [5.41, 5.74) is 8.12. The largest absolute Gasteiger partial charge is 0.394 e. The van der Waals surface area contributed by atoms with Gasteiger partial charge in [0.15, 0.2) is 0 Å². The number of nitrogens with zero attached hydrogens (tertiary/aromatic N) is 3. The van der Waals surface area contributed by atoms with Gasteiger partial charge in [0.25, 0.3) is 0 Å². The summed E-state index contributed by atoms with van der Waals surface area (Å²) < 4.78 is 2.31. The minimum atomic E-state index is 0.371. The summed E-state index contributed by atoms with van der Waals surface area (Å²) in [4.78, 5) is 2.39. The molecule has 0 spiro atoms. The van der Waals surface area contributed by atoms with Gasteiger partial charge in [-0.1, -0.05) is 20.8 Å². The van der Waals surface area contributed by atoms with E-state index in [0.717, 1.165) is 42.5 Å². The van der Waals surface area contributed by atoms with E-state index in [1.54, 1.807) is 0 Å². The van der Waals surface area contributed by atoms with E-state index < -0.39 is 0 Å². The van der Waals surface area contributed by atoms with Crippen LogP contribution in [0.2, 0.25) is 0 Å². The maximum Gasteiger partial charge on any atom is 0.150 e. The van der Waals surface area contributed by atoms with Crippen LogP contribution in [-0.2, 0) is 13.5 Å². The maximum atomic E-state index is 6.23. The number of anilines is 2. The van der Waals surface area contributed by atoms with Crippen molar-refractivity contribution in [3.63, 3.8) is 0 Å². The molecular weight excluding hydrogens is 244 g/mol. The van der Waals surface area contributed by atoms with E-state index in [2.05, 4.69) is 42.5 Å². The number of aryl methyl sites for hydroxylation is 2. The molecule has 5 heteroatoms. The van der Waals surface area contributed by atoms with E-state index in [1.165, 1.54) is 6.42 Å². The van der Waals surface area contributed by atoms with Gasteiger partial charge < -0.3 is 10.6 Å². The molecule has 1 aromatic rings. The SMILES string of the molecule is CCc1nn(C)c(N2CCSC(C)(C)CC2)c1N. The highest BCUT2D eigenvalue weighted by Crippen LogP contribution is 2.34. The molecule has 1 aliphatic rings. The summed E-state index contributed by atoms with van der Waals surface area (Å²) in [6, 6.07) is 0. The number of rotatable bonds is 2. The number of nitrogens with two attached hydrogens (primary N) is 1. The lowest BCUT2D eigenvalue weighted by Gasteiger charge is -2.24. The highest BCUT2D eigenvalue weighted by molar-refractivity contribution is 8.00. The number of aromatic nitrogens is 2. The van der Waals surface area contributed by atoms with Crippen LogP contribution in [0, 0.1) is 0 Å². The van der Waals surface area contributed by atoms with E-state index in [4.69, 9.17) is 5.73 Å². The molecular formula is C13H24N4S. The molecule has 0 bridgehead atoms. The molecule has 102 valence electrons. The highest BCUT2D eigenvalue weighted by Gasteiger charge is 2.26. The van der Waals surface area contributed by atoms with E-state index in [-0.39, 0.29) is 0 Å². The molecule has 0 atom stereocenters. The molecule has 18 heavy (non-hydrogen) atoms. The molecule has 2 N–H and O–H groups in total. The van der Waals surface area contributed by atoms with Crippen molar-refractivity contribution in [3.8, 4) is 0 Å². The van der Waals surface area contributed by atoms with Crippen LogP contribution in [0.3, 0.4) is 0 Å². The van der Waals surface area contributed by atoms with Gasteiger partial charge in [0.2, 0.25) is 0 Å². The van der Waals surface area contributed by atoms with Gasteiger partial charge >= 0.3 is 0 Å². The number of nitrogen functional groups attached to an aromatic ring is 1. The van der Waals surface area contributed by atoms with Crippen LogP contribution >= 0.6 is 11.8 Å². The molecule has 0 unspecified atom stereocenters. The lowest BCUT2D eigenvalue weighted by Crippen LogP contribution is -2.29. The van der Waals surface area contributed by atoms with Crippen LogP contribution in [0.4, 0.5) is 11.5 Å².